The van der Waals surface area contributed by atoms with Crippen LogP contribution in [0.4, 0.5) is 11.4 Å². The predicted molar refractivity (Wildman–Crippen MR) is 86.6 cm³/mol. The third-order valence-corrected chi connectivity index (χ3v) is 4.01. The number of ether oxygens (including phenoxy) is 1. The lowest BCUT2D eigenvalue weighted by Gasteiger charge is -2.16. The number of methoxy groups -OCH3 is 1. The molecule has 21 heavy (non-hydrogen) atoms. The van der Waals surface area contributed by atoms with Gasteiger partial charge in [0.05, 0.1) is 0 Å². The van der Waals surface area contributed by atoms with Gasteiger partial charge in [0.15, 0.2) is 0 Å². The van der Waals surface area contributed by atoms with Crippen molar-refractivity contribution in [3.8, 4) is 0 Å². The van der Waals surface area contributed by atoms with Crippen molar-refractivity contribution >= 4 is 17.3 Å². The molecular formula is C17H26N2O2. The molecule has 1 aromatic rings. The maximum atomic E-state index is 11.4. The van der Waals surface area contributed by atoms with Gasteiger partial charge in [0.2, 0.25) is 5.91 Å². The van der Waals surface area contributed by atoms with E-state index in [9.17, 15) is 4.79 Å². The Bertz CT molecular complexity index is 423. The summed E-state index contributed by atoms with van der Waals surface area (Å²) in [5, 5.41) is 6.30. The van der Waals surface area contributed by atoms with Crippen molar-refractivity contribution in [2.75, 3.05) is 30.9 Å². The van der Waals surface area contributed by atoms with Crippen molar-refractivity contribution < 1.29 is 9.53 Å². The number of hydrogen-bond donors (Lipinski definition) is 2. The molecule has 1 fully saturated rings. The summed E-state index contributed by atoms with van der Waals surface area (Å²) >= 11 is 0. The van der Waals surface area contributed by atoms with Crippen LogP contribution in [-0.4, -0.2) is 26.2 Å². The summed E-state index contributed by atoms with van der Waals surface area (Å²) in [4.78, 5) is 11.4. The number of rotatable bonds is 6. The molecular weight excluding hydrogens is 264 g/mol. The van der Waals surface area contributed by atoms with Crippen LogP contribution in [0.5, 0.6) is 0 Å². The second-order valence-corrected chi connectivity index (χ2v) is 5.80. The highest BCUT2D eigenvalue weighted by Crippen LogP contribution is 2.23. The second kappa shape index (κ2) is 8.67. The molecule has 0 spiro atoms. The lowest BCUT2D eigenvalue weighted by molar-refractivity contribution is -0.119. The summed E-state index contributed by atoms with van der Waals surface area (Å²) in [5.74, 6) is 0.672. The van der Waals surface area contributed by atoms with Crippen LogP contribution < -0.4 is 10.6 Å². The minimum Gasteiger partial charge on any atom is -0.385 e. The molecule has 1 aromatic carbocycles. The van der Waals surface area contributed by atoms with E-state index in [0.29, 0.717) is 0 Å². The van der Waals surface area contributed by atoms with Gasteiger partial charge >= 0.3 is 0 Å². The molecule has 1 aliphatic carbocycles. The van der Waals surface area contributed by atoms with E-state index in [2.05, 4.69) is 10.6 Å². The van der Waals surface area contributed by atoms with Crippen LogP contribution in [0.25, 0.3) is 0 Å². The fourth-order valence-corrected chi connectivity index (χ4v) is 2.83. The average Bonchev–Trinajstić information content (AvgIpc) is 2.75. The van der Waals surface area contributed by atoms with Crippen molar-refractivity contribution in [1.82, 2.24) is 0 Å². The lowest BCUT2D eigenvalue weighted by Crippen LogP contribution is -2.17. The Labute approximate surface area is 127 Å². The Hall–Kier alpha value is -1.55. The molecule has 0 heterocycles. The zero-order valence-electron chi connectivity index (χ0n) is 12.9. The SMILES string of the molecule is COCC(=O)Nc1ccc(NCC2CCCCCC2)cc1. The molecule has 1 saturated carbocycles. The van der Waals surface area contributed by atoms with Gasteiger partial charge < -0.3 is 15.4 Å². The normalized spacial score (nSPS) is 16.2. The minimum atomic E-state index is -0.128. The van der Waals surface area contributed by atoms with Crippen LogP contribution in [0.3, 0.4) is 0 Å². The number of amides is 1. The van der Waals surface area contributed by atoms with Crippen molar-refractivity contribution in [2.45, 2.75) is 38.5 Å². The van der Waals surface area contributed by atoms with Crippen LogP contribution in [0.1, 0.15) is 38.5 Å². The Morgan fingerprint density at radius 1 is 1.10 bits per heavy atom. The van der Waals surface area contributed by atoms with E-state index < -0.39 is 0 Å². The monoisotopic (exact) mass is 290 g/mol. The van der Waals surface area contributed by atoms with Crippen LogP contribution in [0, 0.1) is 5.92 Å². The highest BCUT2D eigenvalue weighted by atomic mass is 16.5. The van der Waals surface area contributed by atoms with Crippen LogP contribution >= 0.6 is 0 Å². The van der Waals surface area contributed by atoms with Gasteiger partial charge in [-0.15, -0.1) is 0 Å². The second-order valence-electron chi connectivity index (χ2n) is 5.80. The van der Waals surface area contributed by atoms with E-state index in [4.69, 9.17) is 4.74 Å². The number of nitrogens with one attached hydrogen (secondary N) is 2. The number of carbonyl (C=O) groups is 1. The summed E-state index contributed by atoms with van der Waals surface area (Å²) in [7, 11) is 1.51. The standard InChI is InChI=1S/C17H26N2O2/c1-21-13-17(20)19-16-10-8-15(9-11-16)18-12-14-6-4-2-3-5-7-14/h8-11,14,18H,2-7,12-13H2,1H3,(H,19,20). The van der Waals surface area contributed by atoms with Crippen molar-refractivity contribution in [1.29, 1.82) is 0 Å². The molecule has 0 unspecified atom stereocenters. The van der Waals surface area contributed by atoms with E-state index in [0.717, 1.165) is 23.8 Å². The summed E-state index contributed by atoms with van der Waals surface area (Å²) in [6.45, 7) is 1.14. The molecule has 116 valence electrons. The number of carbonyl (C=O) groups excluding carboxylic acids is 1. The summed E-state index contributed by atoms with van der Waals surface area (Å²) in [5.41, 5.74) is 1.92. The van der Waals surface area contributed by atoms with E-state index >= 15 is 0 Å². The Morgan fingerprint density at radius 3 is 2.33 bits per heavy atom. The molecule has 0 radical (unpaired) electrons. The van der Waals surface area contributed by atoms with Gasteiger partial charge in [0.25, 0.3) is 0 Å². The Kier molecular flexibility index (Phi) is 6.54. The van der Waals surface area contributed by atoms with Crippen molar-refractivity contribution in [3.05, 3.63) is 24.3 Å². The molecule has 0 bridgehead atoms. The summed E-state index contributed by atoms with van der Waals surface area (Å²) < 4.78 is 4.79. The lowest BCUT2D eigenvalue weighted by atomic mass is 10.0. The highest BCUT2D eigenvalue weighted by Gasteiger charge is 2.11. The first-order valence-corrected chi connectivity index (χ1v) is 7.90. The van der Waals surface area contributed by atoms with Crippen molar-refractivity contribution in [2.24, 2.45) is 5.92 Å². The molecule has 4 heteroatoms. The van der Waals surface area contributed by atoms with Gasteiger partial charge in [-0.3, -0.25) is 4.79 Å². The molecule has 0 saturated heterocycles. The topological polar surface area (TPSA) is 50.4 Å². The molecule has 2 N–H and O–H groups in total. The van der Waals surface area contributed by atoms with Gasteiger partial charge in [0, 0.05) is 25.0 Å². The van der Waals surface area contributed by atoms with Gasteiger partial charge in [0.1, 0.15) is 6.61 Å². The first kappa shape index (κ1) is 15.8. The molecule has 0 aliphatic heterocycles. The van der Waals surface area contributed by atoms with Gasteiger partial charge in [-0.2, -0.15) is 0 Å². The largest absolute Gasteiger partial charge is 0.385 e. The predicted octanol–water partition coefficient (Wildman–Crippen LogP) is 3.65. The quantitative estimate of drug-likeness (QED) is 0.786. The fourth-order valence-electron chi connectivity index (χ4n) is 2.83. The molecule has 0 aromatic heterocycles. The first-order valence-electron chi connectivity index (χ1n) is 7.90. The smallest absolute Gasteiger partial charge is 0.250 e. The highest BCUT2D eigenvalue weighted by molar-refractivity contribution is 5.91. The number of benzene rings is 1. The maximum Gasteiger partial charge on any atom is 0.250 e. The van der Waals surface area contributed by atoms with Gasteiger partial charge in [-0.25, -0.2) is 0 Å². The average molecular weight is 290 g/mol. The Balaban J connectivity index is 1.77. The minimum absolute atomic E-state index is 0.0850. The molecule has 1 amide bonds. The summed E-state index contributed by atoms with van der Waals surface area (Å²) in [6.07, 6.45) is 8.22. The van der Waals surface area contributed by atoms with Gasteiger partial charge in [-0.05, 0) is 43.0 Å². The van der Waals surface area contributed by atoms with Crippen LogP contribution in [-0.2, 0) is 9.53 Å². The molecule has 0 atom stereocenters. The fraction of sp³-hybridized carbons (Fsp3) is 0.588. The van der Waals surface area contributed by atoms with Crippen LogP contribution in [0.2, 0.25) is 0 Å². The zero-order valence-corrected chi connectivity index (χ0v) is 12.9. The Morgan fingerprint density at radius 2 is 1.71 bits per heavy atom. The number of anilines is 2. The number of hydrogen-bond acceptors (Lipinski definition) is 3. The third kappa shape index (κ3) is 5.76. The molecule has 4 nitrogen and oxygen atoms in total. The third-order valence-electron chi connectivity index (χ3n) is 4.01. The van der Waals surface area contributed by atoms with E-state index in [1.807, 2.05) is 24.3 Å². The van der Waals surface area contributed by atoms with Crippen molar-refractivity contribution in [3.63, 3.8) is 0 Å². The van der Waals surface area contributed by atoms with E-state index in [1.165, 1.54) is 45.6 Å². The molecule has 2 rings (SSSR count). The van der Waals surface area contributed by atoms with Gasteiger partial charge in [-0.1, -0.05) is 25.7 Å². The summed E-state index contributed by atoms with van der Waals surface area (Å²) in [6, 6.07) is 7.87. The molecule has 1 aliphatic rings. The maximum absolute atomic E-state index is 11.4. The van der Waals surface area contributed by atoms with E-state index in [1.54, 1.807) is 0 Å². The first-order chi connectivity index (χ1) is 10.3. The zero-order chi connectivity index (χ0) is 14.9. The van der Waals surface area contributed by atoms with Crippen LogP contribution in [0.15, 0.2) is 24.3 Å². The van der Waals surface area contributed by atoms with E-state index in [-0.39, 0.29) is 12.5 Å².